The molecule has 2 heterocycles. The molecule has 1 aliphatic heterocycles. The highest BCUT2D eigenvalue weighted by atomic mass is 32.1. The lowest BCUT2D eigenvalue weighted by molar-refractivity contribution is -0.117. The summed E-state index contributed by atoms with van der Waals surface area (Å²) in [6.07, 6.45) is 0.640. The molecule has 0 fully saturated rings. The molecule has 1 aromatic carbocycles. The van der Waals surface area contributed by atoms with Gasteiger partial charge in [-0.1, -0.05) is 6.92 Å². The third-order valence-corrected chi connectivity index (χ3v) is 3.96. The van der Waals surface area contributed by atoms with E-state index >= 15 is 0 Å². The van der Waals surface area contributed by atoms with E-state index in [0.29, 0.717) is 34.1 Å². The van der Waals surface area contributed by atoms with Gasteiger partial charge in [0.05, 0.1) is 17.3 Å². The number of carbonyl (C=O) groups excluding carboxylic acids is 1. The minimum absolute atomic E-state index is 0.147. The molecule has 1 aliphatic rings. The molecule has 6 heteroatoms. The second-order valence-electron chi connectivity index (χ2n) is 4.44. The summed E-state index contributed by atoms with van der Waals surface area (Å²) in [6, 6.07) is 3.20. The van der Waals surface area contributed by atoms with Gasteiger partial charge in [0.1, 0.15) is 5.82 Å². The van der Waals surface area contributed by atoms with Crippen molar-refractivity contribution in [2.24, 2.45) is 0 Å². The summed E-state index contributed by atoms with van der Waals surface area (Å²) >= 11 is 1.31. The van der Waals surface area contributed by atoms with E-state index in [1.807, 2.05) is 13.0 Å². The van der Waals surface area contributed by atoms with Crippen molar-refractivity contribution in [3.63, 3.8) is 0 Å². The van der Waals surface area contributed by atoms with Gasteiger partial charge < -0.3 is 11.1 Å². The zero-order chi connectivity index (χ0) is 13.6. The van der Waals surface area contributed by atoms with Crippen LogP contribution in [-0.2, 0) is 4.79 Å². The van der Waals surface area contributed by atoms with Gasteiger partial charge in [0.15, 0.2) is 5.13 Å². The minimum Gasteiger partial charge on any atom is -0.375 e. The number of fused-ring (bicyclic) bond motifs is 1. The van der Waals surface area contributed by atoms with Gasteiger partial charge in [0.25, 0.3) is 0 Å². The Morgan fingerprint density at radius 1 is 1.53 bits per heavy atom. The highest BCUT2D eigenvalue weighted by Gasteiger charge is 2.31. The Balaban J connectivity index is 2.14. The summed E-state index contributed by atoms with van der Waals surface area (Å²) in [5.74, 6) is -0.866. The van der Waals surface area contributed by atoms with E-state index < -0.39 is 5.82 Å². The number of amides is 1. The number of nitrogens with two attached hydrogens (primary N) is 1. The maximum Gasteiger partial charge on any atom is 0.232 e. The number of halogens is 1. The third-order valence-electron chi connectivity index (χ3n) is 3.29. The van der Waals surface area contributed by atoms with E-state index in [2.05, 4.69) is 10.3 Å². The van der Waals surface area contributed by atoms with E-state index in [1.54, 1.807) is 5.38 Å². The smallest absolute Gasteiger partial charge is 0.232 e. The minimum atomic E-state index is -0.427. The van der Waals surface area contributed by atoms with Gasteiger partial charge in [-0.25, -0.2) is 9.37 Å². The zero-order valence-corrected chi connectivity index (χ0v) is 11.1. The molecule has 0 bridgehead atoms. The highest BCUT2D eigenvalue weighted by molar-refractivity contribution is 7.13. The van der Waals surface area contributed by atoms with Gasteiger partial charge in [0, 0.05) is 10.9 Å². The SMILES string of the molecule is CCC1C(=O)Nc2c(F)cc(-c3csc(N)n3)cc21. The number of anilines is 2. The van der Waals surface area contributed by atoms with Crippen molar-refractivity contribution in [1.82, 2.24) is 4.98 Å². The number of benzene rings is 1. The molecule has 98 valence electrons. The van der Waals surface area contributed by atoms with Gasteiger partial charge in [0.2, 0.25) is 5.91 Å². The second kappa shape index (κ2) is 4.31. The van der Waals surface area contributed by atoms with E-state index in [9.17, 15) is 9.18 Å². The van der Waals surface area contributed by atoms with E-state index in [0.717, 1.165) is 0 Å². The summed E-state index contributed by atoms with van der Waals surface area (Å²) in [4.78, 5) is 15.9. The summed E-state index contributed by atoms with van der Waals surface area (Å²) in [7, 11) is 0. The maximum atomic E-state index is 14.1. The molecular weight excluding hydrogens is 265 g/mol. The van der Waals surface area contributed by atoms with Gasteiger partial charge in [-0.3, -0.25) is 4.79 Å². The predicted molar refractivity (Wildman–Crippen MR) is 73.6 cm³/mol. The van der Waals surface area contributed by atoms with Crippen molar-refractivity contribution in [3.8, 4) is 11.3 Å². The van der Waals surface area contributed by atoms with Crippen molar-refractivity contribution in [2.45, 2.75) is 19.3 Å². The summed E-state index contributed by atoms with van der Waals surface area (Å²) < 4.78 is 14.1. The lowest BCUT2D eigenvalue weighted by Crippen LogP contribution is -2.10. The third kappa shape index (κ3) is 1.88. The Labute approximate surface area is 113 Å². The van der Waals surface area contributed by atoms with Gasteiger partial charge in [-0.05, 0) is 24.1 Å². The van der Waals surface area contributed by atoms with Crippen molar-refractivity contribution >= 4 is 28.1 Å². The van der Waals surface area contributed by atoms with Crippen molar-refractivity contribution in [2.75, 3.05) is 11.1 Å². The van der Waals surface area contributed by atoms with Crippen molar-refractivity contribution < 1.29 is 9.18 Å². The average molecular weight is 277 g/mol. The monoisotopic (exact) mass is 277 g/mol. The molecule has 1 atom stereocenters. The van der Waals surface area contributed by atoms with Gasteiger partial charge >= 0.3 is 0 Å². The number of nitrogens with zero attached hydrogens (tertiary/aromatic N) is 1. The van der Waals surface area contributed by atoms with E-state index in [1.165, 1.54) is 17.4 Å². The molecule has 1 unspecified atom stereocenters. The fourth-order valence-corrected chi connectivity index (χ4v) is 2.93. The van der Waals surface area contributed by atoms with Crippen molar-refractivity contribution in [3.05, 3.63) is 28.9 Å². The Bertz CT molecular complexity index is 668. The standard InChI is InChI=1S/C13H12FN3OS/c1-2-7-8-3-6(10-5-19-13(15)16-10)4-9(14)11(8)17-12(7)18/h3-5,7H,2H2,1H3,(H2,15,16)(H,17,18). The van der Waals surface area contributed by atoms with Crippen LogP contribution in [0.2, 0.25) is 0 Å². The first-order valence-corrected chi connectivity index (χ1v) is 6.83. The lowest BCUT2D eigenvalue weighted by Gasteiger charge is -2.07. The number of nitrogen functional groups attached to an aromatic ring is 1. The van der Waals surface area contributed by atoms with Crippen LogP contribution in [-0.4, -0.2) is 10.9 Å². The molecule has 0 aliphatic carbocycles. The number of hydrogen-bond acceptors (Lipinski definition) is 4. The van der Waals surface area contributed by atoms with E-state index in [4.69, 9.17) is 5.73 Å². The number of carbonyl (C=O) groups is 1. The van der Waals surface area contributed by atoms with Crippen LogP contribution < -0.4 is 11.1 Å². The first kappa shape index (κ1) is 12.1. The normalized spacial score (nSPS) is 17.4. The van der Waals surface area contributed by atoms with Crippen molar-refractivity contribution in [1.29, 1.82) is 0 Å². The summed E-state index contributed by atoms with van der Waals surface area (Å²) in [5, 5.41) is 4.82. The number of nitrogens with one attached hydrogen (secondary N) is 1. The summed E-state index contributed by atoms with van der Waals surface area (Å²) in [5.41, 5.74) is 7.88. The Kier molecular flexibility index (Phi) is 2.74. The van der Waals surface area contributed by atoms with Crippen LogP contribution in [0.25, 0.3) is 11.3 Å². The van der Waals surface area contributed by atoms with Crippen LogP contribution in [0.15, 0.2) is 17.5 Å². The fourth-order valence-electron chi connectivity index (χ4n) is 2.36. The molecule has 0 saturated carbocycles. The molecule has 4 nitrogen and oxygen atoms in total. The topological polar surface area (TPSA) is 68.0 Å². The Hall–Kier alpha value is -1.95. The molecule has 3 N–H and O–H groups in total. The fraction of sp³-hybridized carbons (Fsp3) is 0.231. The number of hydrogen-bond donors (Lipinski definition) is 2. The second-order valence-corrected chi connectivity index (χ2v) is 5.33. The zero-order valence-electron chi connectivity index (χ0n) is 10.2. The van der Waals surface area contributed by atoms with Crippen LogP contribution in [0, 0.1) is 5.82 Å². The number of aromatic nitrogens is 1. The summed E-state index contributed by atoms with van der Waals surface area (Å²) in [6.45, 7) is 1.91. The largest absolute Gasteiger partial charge is 0.375 e. The van der Waals surface area contributed by atoms with Gasteiger partial charge in [-0.2, -0.15) is 0 Å². The average Bonchev–Trinajstić information content (AvgIpc) is 2.93. The first-order valence-electron chi connectivity index (χ1n) is 5.95. The lowest BCUT2D eigenvalue weighted by atomic mass is 9.95. The van der Waals surface area contributed by atoms with Crippen LogP contribution in [0.4, 0.5) is 15.2 Å². The first-order chi connectivity index (χ1) is 9.10. The molecule has 3 rings (SSSR count). The molecule has 19 heavy (non-hydrogen) atoms. The number of thiazole rings is 1. The Morgan fingerprint density at radius 3 is 2.95 bits per heavy atom. The Morgan fingerprint density at radius 2 is 2.32 bits per heavy atom. The number of rotatable bonds is 2. The quantitative estimate of drug-likeness (QED) is 0.886. The molecular formula is C13H12FN3OS. The van der Waals surface area contributed by atoms with Crippen LogP contribution >= 0.6 is 11.3 Å². The van der Waals surface area contributed by atoms with Crippen LogP contribution in [0.3, 0.4) is 0 Å². The molecule has 0 saturated heterocycles. The predicted octanol–water partition coefficient (Wildman–Crippen LogP) is 2.98. The molecule has 0 radical (unpaired) electrons. The molecule has 2 aromatic rings. The van der Waals surface area contributed by atoms with Gasteiger partial charge in [-0.15, -0.1) is 11.3 Å². The maximum absolute atomic E-state index is 14.1. The van der Waals surface area contributed by atoms with Crippen LogP contribution in [0.5, 0.6) is 0 Å². The highest BCUT2D eigenvalue weighted by Crippen LogP contribution is 2.39. The molecule has 1 amide bonds. The molecule has 0 spiro atoms. The van der Waals surface area contributed by atoms with Crippen LogP contribution in [0.1, 0.15) is 24.8 Å². The van der Waals surface area contributed by atoms with E-state index in [-0.39, 0.29) is 11.8 Å². The molecule has 1 aromatic heterocycles.